The van der Waals surface area contributed by atoms with E-state index in [0.29, 0.717) is 48.5 Å². The van der Waals surface area contributed by atoms with Crippen LogP contribution in [0.2, 0.25) is 5.02 Å². The molecule has 1 fully saturated rings. The molecule has 0 radical (unpaired) electrons. The number of halogens is 1. The molecule has 7 heteroatoms. The van der Waals surface area contributed by atoms with Gasteiger partial charge < -0.3 is 10.0 Å². The number of aromatic nitrogens is 2. The van der Waals surface area contributed by atoms with E-state index in [4.69, 9.17) is 16.9 Å². The number of nitriles is 1. The Bertz CT molecular complexity index is 1230. The molecule has 0 saturated carbocycles. The number of hydrogen-bond donors (Lipinski definition) is 1. The molecule has 0 spiro atoms. The van der Waals surface area contributed by atoms with Crippen LogP contribution in [0.25, 0.3) is 5.69 Å². The molecule has 3 aromatic rings. The Morgan fingerprint density at radius 1 is 1.18 bits per heavy atom. The summed E-state index contributed by atoms with van der Waals surface area (Å²) in [7, 11) is 0. The van der Waals surface area contributed by atoms with Gasteiger partial charge >= 0.3 is 0 Å². The van der Waals surface area contributed by atoms with Crippen molar-refractivity contribution in [3.05, 3.63) is 81.1 Å². The number of rotatable bonds is 4. The highest BCUT2D eigenvalue weighted by molar-refractivity contribution is 6.31. The third kappa shape index (κ3) is 4.80. The lowest BCUT2D eigenvalue weighted by Crippen LogP contribution is -2.45. The SMILES string of the molecule is Cc1nn(-c2ccc(C#N)c(Cl)c2)c(C)c1Cc1ccc(C(=O)N2CCC(C)(O)CC2)cc1. The fourth-order valence-corrected chi connectivity index (χ4v) is 4.47. The summed E-state index contributed by atoms with van der Waals surface area (Å²) >= 11 is 6.21. The highest BCUT2D eigenvalue weighted by atomic mass is 35.5. The van der Waals surface area contributed by atoms with Crippen LogP contribution >= 0.6 is 11.6 Å². The Kier molecular flexibility index (Phi) is 6.29. The molecule has 0 bridgehead atoms. The van der Waals surface area contributed by atoms with Gasteiger partial charge in [0.05, 0.1) is 27.6 Å². The average Bonchev–Trinajstić information content (AvgIpc) is 3.07. The summed E-state index contributed by atoms with van der Waals surface area (Å²) in [4.78, 5) is 14.6. The molecule has 1 saturated heterocycles. The highest BCUT2D eigenvalue weighted by Gasteiger charge is 2.30. The van der Waals surface area contributed by atoms with E-state index in [0.717, 1.165) is 28.2 Å². The molecule has 2 heterocycles. The molecule has 4 rings (SSSR count). The van der Waals surface area contributed by atoms with Crippen molar-refractivity contribution in [3.63, 3.8) is 0 Å². The molecule has 0 aliphatic carbocycles. The first-order valence-electron chi connectivity index (χ1n) is 11.0. The van der Waals surface area contributed by atoms with Crippen molar-refractivity contribution in [2.75, 3.05) is 13.1 Å². The standard InChI is InChI=1S/C26H27ClN4O2/c1-17-23(18(2)31(29-17)22-9-8-21(16-28)24(27)15-22)14-19-4-6-20(7-5-19)25(32)30-12-10-26(3,33)11-13-30/h4-9,15,33H,10-14H2,1-3H3. The number of piperidine rings is 1. The van der Waals surface area contributed by atoms with Gasteiger partial charge in [0.15, 0.2) is 0 Å². The summed E-state index contributed by atoms with van der Waals surface area (Å²) in [6, 6.07) is 15.1. The van der Waals surface area contributed by atoms with E-state index in [1.165, 1.54) is 0 Å². The largest absolute Gasteiger partial charge is 0.390 e. The molecule has 1 aliphatic rings. The van der Waals surface area contributed by atoms with Crippen LogP contribution in [-0.2, 0) is 6.42 Å². The maximum absolute atomic E-state index is 12.8. The van der Waals surface area contributed by atoms with Crippen LogP contribution in [0.5, 0.6) is 0 Å². The smallest absolute Gasteiger partial charge is 0.253 e. The number of amides is 1. The monoisotopic (exact) mass is 462 g/mol. The summed E-state index contributed by atoms with van der Waals surface area (Å²) in [6.07, 6.45) is 1.90. The van der Waals surface area contributed by atoms with Gasteiger partial charge in [-0.15, -0.1) is 0 Å². The minimum absolute atomic E-state index is 0.00919. The predicted molar refractivity (Wildman–Crippen MR) is 128 cm³/mol. The summed E-state index contributed by atoms with van der Waals surface area (Å²) < 4.78 is 1.85. The molecule has 1 N–H and O–H groups in total. The van der Waals surface area contributed by atoms with E-state index in [2.05, 4.69) is 11.2 Å². The molecule has 0 atom stereocenters. The van der Waals surface area contributed by atoms with Crippen molar-refractivity contribution >= 4 is 17.5 Å². The molecule has 2 aromatic carbocycles. The van der Waals surface area contributed by atoms with E-state index >= 15 is 0 Å². The number of aryl methyl sites for hydroxylation is 1. The van der Waals surface area contributed by atoms with E-state index in [1.54, 1.807) is 12.1 Å². The van der Waals surface area contributed by atoms with Crippen molar-refractivity contribution in [2.24, 2.45) is 0 Å². The van der Waals surface area contributed by atoms with Crippen LogP contribution in [-0.4, -0.2) is 44.4 Å². The second-order valence-electron chi connectivity index (χ2n) is 9.00. The van der Waals surface area contributed by atoms with Crippen molar-refractivity contribution in [1.29, 1.82) is 5.26 Å². The minimum Gasteiger partial charge on any atom is -0.390 e. The lowest BCUT2D eigenvalue weighted by Gasteiger charge is -2.35. The van der Waals surface area contributed by atoms with Crippen LogP contribution in [0.3, 0.4) is 0 Å². The van der Waals surface area contributed by atoms with Crippen LogP contribution < -0.4 is 0 Å². The van der Waals surface area contributed by atoms with Crippen LogP contribution in [0.1, 0.15) is 58.2 Å². The Hall–Kier alpha value is -3.14. The van der Waals surface area contributed by atoms with Crippen LogP contribution in [0.15, 0.2) is 42.5 Å². The summed E-state index contributed by atoms with van der Waals surface area (Å²) in [5.74, 6) is 0.00919. The van der Waals surface area contributed by atoms with Crippen molar-refractivity contribution in [1.82, 2.24) is 14.7 Å². The minimum atomic E-state index is -0.677. The van der Waals surface area contributed by atoms with E-state index < -0.39 is 5.60 Å². The fraction of sp³-hybridized carbons (Fsp3) is 0.346. The van der Waals surface area contributed by atoms with Gasteiger partial charge in [-0.2, -0.15) is 10.4 Å². The van der Waals surface area contributed by atoms with Gasteiger partial charge in [0.1, 0.15) is 6.07 Å². The van der Waals surface area contributed by atoms with E-state index in [1.807, 2.05) is 60.7 Å². The molecular weight excluding hydrogens is 436 g/mol. The average molecular weight is 463 g/mol. The van der Waals surface area contributed by atoms with Gasteiger partial charge in [0.25, 0.3) is 5.91 Å². The van der Waals surface area contributed by atoms with Crippen molar-refractivity contribution in [3.8, 4) is 11.8 Å². The van der Waals surface area contributed by atoms with Gasteiger partial charge in [0.2, 0.25) is 0 Å². The molecule has 0 unspecified atom stereocenters. The van der Waals surface area contributed by atoms with Gasteiger partial charge in [-0.3, -0.25) is 4.79 Å². The Labute approximate surface area is 199 Å². The Morgan fingerprint density at radius 3 is 2.45 bits per heavy atom. The maximum Gasteiger partial charge on any atom is 0.253 e. The second kappa shape index (κ2) is 9.01. The normalized spacial score (nSPS) is 15.3. The molecule has 33 heavy (non-hydrogen) atoms. The highest BCUT2D eigenvalue weighted by Crippen LogP contribution is 2.25. The maximum atomic E-state index is 12.8. The topological polar surface area (TPSA) is 82.2 Å². The zero-order chi connectivity index (χ0) is 23.8. The van der Waals surface area contributed by atoms with Crippen LogP contribution in [0.4, 0.5) is 0 Å². The number of likely N-dealkylation sites (tertiary alicyclic amines) is 1. The first-order chi connectivity index (χ1) is 15.7. The number of aliphatic hydroxyl groups is 1. The summed E-state index contributed by atoms with van der Waals surface area (Å²) in [6.45, 7) is 6.97. The van der Waals surface area contributed by atoms with Crippen LogP contribution in [0, 0.1) is 25.2 Å². The third-order valence-electron chi connectivity index (χ3n) is 6.47. The van der Waals surface area contributed by atoms with Crippen molar-refractivity contribution < 1.29 is 9.90 Å². The fourth-order valence-electron chi connectivity index (χ4n) is 4.25. The summed E-state index contributed by atoms with van der Waals surface area (Å²) in [5, 5.41) is 24.3. The Balaban J connectivity index is 1.50. The number of carbonyl (C=O) groups excluding carboxylic acids is 1. The van der Waals surface area contributed by atoms with E-state index in [-0.39, 0.29) is 5.91 Å². The molecule has 1 amide bonds. The van der Waals surface area contributed by atoms with Gasteiger partial charge in [-0.1, -0.05) is 23.7 Å². The lowest BCUT2D eigenvalue weighted by atomic mass is 9.93. The first-order valence-corrected chi connectivity index (χ1v) is 11.4. The predicted octanol–water partition coefficient (Wildman–Crippen LogP) is 4.59. The number of benzene rings is 2. The lowest BCUT2D eigenvalue weighted by molar-refractivity contribution is -0.00202. The molecule has 170 valence electrons. The molecule has 6 nitrogen and oxygen atoms in total. The van der Waals surface area contributed by atoms with Gasteiger partial charge in [0, 0.05) is 36.3 Å². The van der Waals surface area contributed by atoms with Crippen molar-refractivity contribution in [2.45, 2.75) is 45.6 Å². The van der Waals surface area contributed by atoms with E-state index in [9.17, 15) is 9.90 Å². The molecule has 1 aliphatic heterocycles. The third-order valence-corrected chi connectivity index (χ3v) is 6.78. The molecular formula is C26H27ClN4O2. The summed E-state index contributed by atoms with van der Waals surface area (Å²) in [5.41, 5.74) is 5.38. The quantitative estimate of drug-likeness (QED) is 0.614. The van der Waals surface area contributed by atoms with Gasteiger partial charge in [-0.25, -0.2) is 4.68 Å². The number of hydrogen-bond acceptors (Lipinski definition) is 4. The zero-order valence-corrected chi connectivity index (χ0v) is 19.9. The second-order valence-corrected chi connectivity index (χ2v) is 9.41. The van der Waals surface area contributed by atoms with Gasteiger partial charge in [-0.05, 0) is 69.5 Å². The first kappa shape index (κ1) is 23.0. The number of nitrogens with zero attached hydrogens (tertiary/aromatic N) is 4. The Morgan fingerprint density at radius 2 is 1.85 bits per heavy atom. The zero-order valence-electron chi connectivity index (χ0n) is 19.1. The number of carbonyl (C=O) groups is 1. The molecule has 1 aromatic heterocycles.